The zero-order valence-electron chi connectivity index (χ0n) is 16.1. The van der Waals surface area contributed by atoms with Gasteiger partial charge in [0.1, 0.15) is 0 Å². The number of benzene rings is 2. The molecular weight excluding hydrogens is 398 g/mol. The van der Waals surface area contributed by atoms with E-state index in [4.69, 9.17) is 4.42 Å². The first-order valence-corrected chi connectivity index (χ1v) is 10.2. The molecule has 0 bridgehead atoms. The molecule has 5 rings (SSSR count). The molecule has 1 N–H and O–H groups in total. The fourth-order valence-electron chi connectivity index (χ4n) is 3.16. The van der Waals surface area contributed by atoms with Crippen molar-refractivity contribution in [1.29, 1.82) is 0 Å². The molecule has 0 fully saturated rings. The lowest BCUT2D eigenvalue weighted by molar-refractivity contribution is 0.0950. The molecule has 30 heavy (non-hydrogen) atoms. The molecule has 0 atom stereocenters. The summed E-state index contributed by atoms with van der Waals surface area (Å²) < 4.78 is 7.77. The van der Waals surface area contributed by atoms with Crippen LogP contribution in [0.2, 0.25) is 0 Å². The SMILES string of the molecule is Cc1ccccc1-c1nnc(-c2ccc(C(=O)NCc3cn4ccsc4n3)cc2)o1. The highest BCUT2D eigenvalue weighted by Gasteiger charge is 2.13. The van der Waals surface area contributed by atoms with Gasteiger partial charge >= 0.3 is 0 Å². The van der Waals surface area contributed by atoms with Gasteiger partial charge in [-0.15, -0.1) is 21.5 Å². The van der Waals surface area contributed by atoms with Gasteiger partial charge < -0.3 is 9.73 Å². The van der Waals surface area contributed by atoms with E-state index < -0.39 is 0 Å². The summed E-state index contributed by atoms with van der Waals surface area (Å²) in [5, 5.41) is 13.2. The average Bonchev–Trinajstić information content (AvgIpc) is 3.49. The fraction of sp³-hybridized carbons (Fsp3) is 0.0909. The molecule has 7 nitrogen and oxygen atoms in total. The first-order valence-electron chi connectivity index (χ1n) is 9.36. The monoisotopic (exact) mass is 415 g/mol. The normalized spacial score (nSPS) is 11.1. The highest BCUT2D eigenvalue weighted by atomic mass is 32.1. The average molecular weight is 415 g/mol. The van der Waals surface area contributed by atoms with Crippen LogP contribution >= 0.6 is 11.3 Å². The van der Waals surface area contributed by atoms with Gasteiger partial charge in [-0.1, -0.05) is 18.2 Å². The molecule has 148 valence electrons. The van der Waals surface area contributed by atoms with Crippen LogP contribution in [0, 0.1) is 6.92 Å². The molecule has 3 aromatic heterocycles. The van der Waals surface area contributed by atoms with Crippen LogP contribution in [0.1, 0.15) is 21.6 Å². The van der Waals surface area contributed by atoms with E-state index >= 15 is 0 Å². The quantitative estimate of drug-likeness (QED) is 0.461. The van der Waals surface area contributed by atoms with Crippen LogP contribution in [0.5, 0.6) is 0 Å². The Morgan fingerprint density at radius 3 is 2.70 bits per heavy atom. The minimum Gasteiger partial charge on any atom is -0.416 e. The summed E-state index contributed by atoms with van der Waals surface area (Å²) >= 11 is 1.56. The van der Waals surface area contributed by atoms with Crippen LogP contribution in [-0.4, -0.2) is 25.5 Å². The third kappa shape index (κ3) is 3.48. The van der Waals surface area contributed by atoms with Crippen LogP contribution < -0.4 is 5.32 Å². The van der Waals surface area contributed by atoms with E-state index in [1.54, 1.807) is 35.6 Å². The lowest BCUT2D eigenvalue weighted by atomic mass is 10.1. The first kappa shape index (κ1) is 18.3. The zero-order chi connectivity index (χ0) is 20.5. The van der Waals surface area contributed by atoms with Crippen molar-refractivity contribution < 1.29 is 9.21 Å². The summed E-state index contributed by atoms with van der Waals surface area (Å²) in [4.78, 5) is 17.8. The van der Waals surface area contributed by atoms with Crippen LogP contribution in [0.4, 0.5) is 0 Å². The number of hydrogen-bond acceptors (Lipinski definition) is 6. The number of amides is 1. The highest BCUT2D eigenvalue weighted by Crippen LogP contribution is 2.26. The number of carbonyl (C=O) groups excluding carboxylic acids is 1. The van der Waals surface area contributed by atoms with Crippen molar-refractivity contribution in [2.75, 3.05) is 0 Å². The second kappa shape index (κ2) is 7.57. The van der Waals surface area contributed by atoms with Crippen LogP contribution in [0.25, 0.3) is 27.9 Å². The second-order valence-electron chi connectivity index (χ2n) is 6.81. The van der Waals surface area contributed by atoms with E-state index in [0.29, 0.717) is 23.9 Å². The smallest absolute Gasteiger partial charge is 0.251 e. The van der Waals surface area contributed by atoms with E-state index in [1.807, 2.05) is 53.4 Å². The van der Waals surface area contributed by atoms with Crippen LogP contribution in [0.15, 0.2) is 70.7 Å². The van der Waals surface area contributed by atoms with E-state index in [-0.39, 0.29) is 5.91 Å². The molecule has 0 radical (unpaired) electrons. The number of aryl methyl sites for hydroxylation is 1. The third-order valence-corrected chi connectivity index (χ3v) is 5.54. The number of fused-ring (bicyclic) bond motifs is 1. The van der Waals surface area contributed by atoms with Crippen molar-refractivity contribution in [3.63, 3.8) is 0 Å². The minimum absolute atomic E-state index is 0.163. The Hall–Kier alpha value is -3.78. The van der Waals surface area contributed by atoms with Crippen LogP contribution in [0.3, 0.4) is 0 Å². The summed E-state index contributed by atoms with van der Waals surface area (Å²) in [6.45, 7) is 2.37. The number of imidazole rings is 1. The van der Waals surface area contributed by atoms with Gasteiger partial charge in [0.25, 0.3) is 5.91 Å². The Bertz CT molecular complexity index is 1300. The van der Waals surface area contributed by atoms with Gasteiger partial charge in [0, 0.05) is 34.5 Å². The number of carbonyl (C=O) groups is 1. The topological polar surface area (TPSA) is 85.3 Å². The summed E-state index contributed by atoms with van der Waals surface area (Å²) in [7, 11) is 0. The molecule has 0 aliphatic heterocycles. The van der Waals surface area contributed by atoms with E-state index in [0.717, 1.165) is 27.3 Å². The van der Waals surface area contributed by atoms with Crippen molar-refractivity contribution in [1.82, 2.24) is 24.9 Å². The van der Waals surface area contributed by atoms with Gasteiger partial charge in [-0.2, -0.15) is 0 Å². The van der Waals surface area contributed by atoms with Gasteiger partial charge in [0.05, 0.1) is 12.2 Å². The molecular formula is C22H17N5O2S. The Morgan fingerprint density at radius 1 is 1.10 bits per heavy atom. The maximum Gasteiger partial charge on any atom is 0.251 e. The number of nitrogens with one attached hydrogen (secondary N) is 1. The summed E-state index contributed by atoms with van der Waals surface area (Å²) in [6, 6.07) is 14.9. The Balaban J connectivity index is 1.27. The van der Waals surface area contributed by atoms with Gasteiger partial charge in [0.15, 0.2) is 4.96 Å². The standard InChI is InChI=1S/C22H17N5O2S/c1-14-4-2-3-5-18(14)21-26-25-20(29-21)16-8-6-15(7-9-16)19(28)23-12-17-13-27-10-11-30-22(27)24-17/h2-11,13H,12H2,1H3,(H,23,28). The third-order valence-electron chi connectivity index (χ3n) is 4.77. The van der Waals surface area contributed by atoms with Crippen molar-refractivity contribution in [3.8, 4) is 22.9 Å². The molecule has 0 unspecified atom stereocenters. The maximum absolute atomic E-state index is 12.5. The largest absolute Gasteiger partial charge is 0.416 e. The van der Waals surface area contributed by atoms with Gasteiger partial charge in [-0.25, -0.2) is 4.98 Å². The maximum atomic E-state index is 12.5. The fourth-order valence-corrected chi connectivity index (χ4v) is 3.88. The molecule has 0 spiro atoms. The molecule has 3 heterocycles. The number of hydrogen-bond donors (Lipinski definition) is 1. The molecule has 1 amide bonds. The predicted molar refractivity (Wildman–Crippen MR) is 114 cm³/mol. The Kier molecular flexibility index (Phi) is 4.61. The van der Waals surface area contributed by atoms with Crippen molar-refractivity contribution in [2.45, 2.75) is 13.5 Å². The van der Waals surface area contributed by atoms with Crippen LogP contribution in [-0.2, 0) is 6.54 Å². The minimum atomic E-state index is -0.163. The number of thiazole rings is 1. The molecule has 5 aromatic rings. The van der Waals surface area contributed by atoms with Gasteiger partial charge in [-0.3, -0.25) is 9.20 Å². The predicted octanol–water partition coefficient (Wildman–Crippen LogP) is 4.35. The number of nitrogens with zero attached hydrogens (tertiary/aromatic N) is 4. The highest BCUT2D eigenvalue weighted by molar-refractivity contribution is 7.15. The number of aromatic nitrogens is 4. The van der Waals surface area contributed by atoms with Crippen molar-refractivity contribution in [3.05, 3.63) is 83.1 Å². The molecule has 0 aliphatic carbocycles. The molecule has 0 aliphatic rings. The number of rotatable bonds is 5. The molecule has 0 saturated heterocycles. The zero-order valence-corrected chi connectivity index (χ0v) is 16.9. The van der Waals surface area contributed by atoms with E-state index in [9.17, 15) is 4.79 Å². The first-order chi connectivity index (χ1) is 14.7. The van der Waals surface area contributed by atoms with E-state index in [1.165, 1.54) is 0 Å². The van der Waals surface area contributed by atoms with Crippen molar-refractivity contribution >= 4 is 22.2 Å². The van der Waals surface area contributed by atoms with E-state index in [2.05, 4.69) is 20.5 Å². The lowest BCUT2D eigenvalue weighted by Gasteiger charge is -2.04. The van der Waals surface area contributed by atoms with Gasteiger partial charge in [-0.05, 0) is 42.8 Å². The summed E-state index contributed by atoms with van der Waals surface area (Å²) in [5.74, 6) is 0.729. The second-order valence-corrected chi connectivity index (χ2v) is 7.69. The molecule has 8 heteroatoms. The Labute approximate surface area is 176 Å². The van der Waals surface area contributed by atoms with Gasteiger partial charge in [0.2, 0.25) is 11.8 Å². The summed E-state index contributed by atoms with van der Waals surface area (Å²) in [5.41, 5.74) is 4.11. The molecule has 0 saturated carbocycles. The Morgan fingerprint density at radius 2 is 1.90 bits per heavy atom. The summed E-state index contributed by atoms with van der Waals surface area (Å²) in [6.07, 6.45) is 3.86. The lowest BCUT2D eigenvalue weighted by Crippen LogP contribution is -2.22. The molecule has 2 aromatic carbocycles. The van der Waals surface area contributed by atoms with Crippen molar-refractivity contribution in [2.24, 2.45) is 0 Å².